The molecule has 0 spiro atoms. The summed E-state index contributed by atoms with van der Waals surface area (Å²) in [6, 6.07) is 4.03. The van der Waals surface area contributed by atoms with Gasteiger partial charge in [0, 0.05) is 36.8 Å². The molecule has 0 fully saturated rings. The van der Waals surface area contributed by atoms with E-state index in [2.05, 4.69) is 46.7 Å². The average molecular weight is 423 g/mol. The highest BCUT2D eigenvalue weighted by Crippen LogP contribution is 2.29. The molecule has 0 radical (unpaired) electrons. The third-order valence-electron chi connectivity index (χ3n) is 5.93. The Labute approximate surface area is 187 Å². The molecule has 0 bridgehead atoms. The van der Waals surface area contributed by atoms with Crippen LogP contribution in [0.3, 0.4) is 0 Å². The number of hydrogen-bond acceptors (Lipinski definition) is 5. The smallest absolute Gasteiger partial charge is 0.153 e. The zero-order valence-electron chi connectivity index (χ0n) is 19.4. The van der Waals surface area contributed by atoms with Crippen LogP contribution in [-0.4, -0.2) is 35.6 Å². The molecule has 1 unspecified atom stereocenters. The summed E-state index contributed by atoms with van der Waals surface area (Å²) in [6.45, 7) is 6.18. The van der Waals surface area contributed by atoms with Crippen molar-refractivity contribution in [3.63, 3.8) is 0 Å². The SMILES string of the molecule is CCCC(CCCCCCNC)C1=CC(=NCc2cccnc2)N2N=CCC(C)=C2N1. The van der Waals surface area contributed by atoms with Gasteiger partial charge in [0.25, 0.3) is 0 Å². The van der Waals surface area contributed by atoms with Gasteiger partial charge in [0.1, 0.15) is 5.82 Å². The van der Waals surface area contributed by atoms with Crippen molar-refractivity contribution in [2.75, 3.05) is 13.6 Å². The van der Waals surface area contributed by atoms with Crippen LogP contribution in [0.2, 0.25) is 0 Å². The predicted molar refractivity (Wildman–Crippen MR) is 130 cm³/mol. The van der Waals surface area contributed by atoms with Crippen LogP contribution < -0.4 is 10.6 Å². The Hall–Kier alpha value is -2.47. The maximum atomic E-state index is 4.93. The predicted octanol–water partition coefficient (Wildman–Crippen LogP) is 4.98. The van der Waals surface area contributed by atoms with Crippen molar-refractivity contribution in [3.8, 4) is 0 Å². The third-order valence-corrected chi connectivity index (χ3v) is 5.93. The molecule has 3 rings (SSSR count). The molecule has 0 aromatic carbocycles. The summed E-state index contributed by atoms with van der Waals surface area (Å²) in [5.74, 6) is 2.53. The molecular formula is C25H38N6. The first-order valence-electron chi connectivity index (χ1n) is 11.8. The number of allylic oxidation sites excluding steroid dienone is 2. The third kappa shape index (κ3) is 6.76. The lowest BCUT2D eigenvalue weighted by Gasteiger charge is -2.35. The molecule has 2 aliphatic rings. The molecule has 0 saturated carbocycles. The summed E-state index contributed by atoms with van der Waals surface area (Å²) < 4.78 is 0. The number of rotatable bonds is 12. The molecule has 6 nitrogen and oxygen atoms in total. The fourth-order valence-electron chi connectivity index (χ4n) is 4.15. The second-order valence-electron chi connectivity index (χ2n) is 8.50. The molecule has 1 atom stereocenters. The quantitative estimate of drug-likeness (QED) is 0.467. The van der Waals surface area contributed by atoms with E-state index in [0.717, 1.165) is 30.2 Å². The van der Waals surface area contributed by atoms with Crippen LogP contribution in [0.15, 0.2) is 57.8 Å². The second-order valence-corrected chi connectivity index (χ2v) is 8.50. The monoisotopic (exact) mass is 422 g/mol. The summed E-state index contributed by atoms with van der Waals surface area (Å²) in [6.07, 6.45) is 17.5. The Morgan fingerprint density at radius 1 is 1.23 bits per heavy atom. The van der Waals surface area contributed by atoms with Crippen molar-refractivity contribution >= 4 is 12.1 Å². The highest BCUT2D eigenvalue weighted by molar-refractivity contribution is 5.96. The highest BCUT2D eigenvalue weighted by atomic mass is 15.5. The Morgan fingerprint density at radius 3 is 2.87 bits per heavy atom. The fraction of sp³-hybridized carbons (Fsp3) is 0.560. The van der Waals surface area contributed by atoms with Crippen LogP contribution in [0.5, 0.6) is 0 Å². The Balaban J connectivity index is 1.76. The number of hydrogen-bond donors (Lipinski definition) is 2. The van der Waals surface area contributed by atoms with Gasteiger partial charge in [-0.25, -0.2) is 0 Å². The van der Waals surface area contributed by atoms with E-state index in [9.17, 15) is 0 Å². The van der Waals surface area contributed by atoms with Crippen molar-refractivity contribution in [3.05, 3.63) is 53.3 Å². The van der Waals surface area contributed by atoms with E-state index in [-0.39, 0.29) is 0 Å². The van der Waals surface area contributed by atoms with Crippen LogP contribution >= 0.6 is 0 Å². The zero-order chi connectivity index (χ0) is 21.9. The minimum atomic E-state index is 0.534. The first-order valence-corrected chi connectivity index (χ1v) is 11.8. The number of nitrogens with zero attached hydrogens (tertiary/aromatic N) is 4. The number of aromatic nitrogens is 1. The van der Waals surface area contributed by atoms with Crippen LogP contribution in [0.4, 0.5) is 0 Å². The van der Waals surface area contributed by atoms with Gasteiger partial charge >= 0.3 is 0 Å². The molecule has 2 N–H and O–H groups in total. The standard InChI is InChI=1S/C25H38N6/c1-4-10-22(12-7-5-6-8-14-26-3)23-17-24(28-19-21-11-9-15-27-18-21)31-25(30-23)20(2)13-16-29-31/h9,11,15-18,22,26,30H,4-8,10,12-14,19H2,1-3H3. The minimum Gasteiger partial charge on any atom is -0.343 e. The molecule has 3 heterocycles. The maximum Gasteiger partial charge on any atom is 0.153 e. The molecule has 31 heavy (non-hydrogen) atoms. The molecule has 1 aromatic heterocycles. The van der Waals surface area contributed by atoms with Crippen molar-refractivity contribution < 1.29 is 0 Å². The Bertz CT molecular complexity index is 809. The van der Waals surface area contributed by atoms with Crippen LogP contribution in [0, 0.1) is 5.92 Å². The van der Waals surface area contributed by atoms with Crippen LogP contribution in [0.1, 0.15) is 70.8 Å². The lowest BCUT2D eigenvalue weighted by molar-refractivity contribution is 0.418. The zero-order valence-corrected chi connectivity index (χ0v) is 19.4. The summed E-state index contributed by atoms with van der Waals surface area (Å²) in [5.41, 5.74) is 3.71. The fourth-order valence-corrected chi connectivity index (χ4v) is 4.15. The number of fused-ring (bicyclic) bond motifs is 1. The van der Waals surface area contributed by atoms with Gasteiger partial charge in [0.2, 0.25) is 0 Å². The molecule has 0 saturated heterocycles. The second kappa shape index (κ2) is 12.4. The summed E-state index contributed by atoms with van der Waals surface area (Å²) in [7, 11) is 2.03. The normalized spacial score (nSPS) is 18.1. The highest BCUT2D eigenvalue weighted by Gasteiger charge is 2.28. The number of pyridine rings is 1. The van der Waals surface area contributed by atoms with E-state index < -0.39 is 0 Å². The van der Waals surface area contributed by atoms with Crippen molar-refractivity contribution in [2.45, 2.75) is 71.8 Å². The maximum absolute atomic E-state index is 4.93. The topological polar surface area (TPSA) is 64.9 Å². The van der Waals surface area contributed by atoms with Gasteiger partial charge < -0.3 is 10.6 Å². The van der Waals surface area contributed by atoms with Crippen molar-refractivity contribution in [1.29, 1.82) is 0 Å². The molecule has 0 aliphatic carbocycles. The van der Waals surface area contributed by atoms with E-state index in [4.69, 9.17) is 4.99 Å². The average Bonchev–Trinajstić information content (AvgIpc) is 2.80. The van der Waals surface area contributed by atoms with E-state index in [1.54, 1.807) is 6.20 Å². The number of hydrazone groups is 1. The Kier molecular flexibility index (Phi) is 9.28. The summed E-state index contributed by atoms with van der Waals surface area (Å²) >= 11 is 0. The molecule has 6 heteroatoms. The first-order chi connectivity index (χ1) is 15.2. The van der Waals surface area contributed by atoms with Gasteiger partial charge in [-0.3, -0.25) is 9.98 Å². The lowest BCUT2D eigenvalue weighted by atomic mass is 9.91. The molecule has 1 aromatic rings. The number of nitrogens with one attached hydrogen (secondary N) is 2. The molecule has 168 valence electrons. The van der Waals surface area contributed by atoms with Crippen molar-refractivity contribution in [1.82, 2.24) is 20.6 Å². The van der Waals surface area contributed by atoms with Gasteiger partial charge in [-0.05, 0) is 62.9 Å². The van der Waals surface area contributed by atoms with Crippen molar-refractivity contribution in [2.24, 2.45) is 16.0 Å². The number of aliphatic imine (C=N–C) groups is 1. The number of amidine groups is 1. The van der Waals surface area contributed by atoms with E-state index >= 15 is 0 Å². The molecule has 2 aliphatic heterocycles. The largest absolute Gasteiger partial charge is 0.343 e. The Morgan fingerprint density at radius 2 is 2.10 bits per heavy atom. The van der Waals surface area contributed by atoms with E-state index in [1.165, 1.54) is 56.2 Å². The lowest BCUT2D eigenvalue weighted by Crippen LogP contribution is -2.41. The van der Waals surface area contributed by atoms with E-state index in [1.807, 2.05) is 30.5 Å². The van der Waals surface area contributed by atoms with E-state index in [0.29, 0.717) is 12.5 Å². The minimum absolute atomic E-state index is 0.534. The van der Waals surface area contributed by atoms with Gasteiger partial charge in [0.05, 0.1) is 6.54 Å². The van der Waals surface area contributed by atoms with Gasteiger partial charge in [-0.1, -0.05) is 38.7 Å². The summed E-state index contributed by atoms with van der Waals surface area (Å²) in [5, 5.41) is 13.6. The number of unbranched alkanes of at least 4 members (excludes halogenated alkanes) is 3. The van der Waals surface area contributed by atoms with Gasteiger partial charge in [-0.15, -0.1) is 0 Å². The van der Waals surface area contributed by atoms with Crippen LogP contribution in [0.25, 0.3) is 0 Å². The summed E-state index contributed by atoms with van der Waals surface area (Å²) in [4.78, 5) is 9.14. The van der Waals surface area contributed by atoms with Gasteiger partial charge in [0.15, 0.2) is 5.84 Å². The molecule has 0 amide bonds. The van der Waals surface area contributed by atoms with Gasteiger partial charge in [-0.2, -0.15) is 10.1 Å². The van der Waals surface area contributed by atoms with Crippen LogP contribution in [-0.2, 0) is 6.54 Å². The first kappa shape index (κ1) is 23.2. The molecular weight excluding hydrogens is 384 g/mol.